The molecule has 116 valence electrons. The van der Waals surface area contributed by atoms with Crippen LogP contribution < -0.4 is 0 Å². The number of aliphatic carboxylic acids is 1. The average molecular weight is 358 g/mol. The summed E-state index contributed by atoms with van der Waals surface area (Å²) in [5.74, 6) is -0.873. The first-order chi connectivity index (χ1) is 9.79. The molecule has 3 nitrogen and oxygen atoms in total. The van der Waals surface area contributed by atoms with E-state index in [9.17, 15) is 14.3 Å². The van der Waals surface area contributed by atoms with E-state index in [0.717, 1.165) is 36.0 Å². The molecule has 1 unspecified atom stereocenters. The summed E-state index contributed by atoms with van der Waals surface area (Å²) in [5.41, 5.74) is 0.192. The zero-order chi connectivity index (χ0) is 15.6. The van der Waals surface area contributed by atoms with Gasteiger partial charge in [0, 0.05) is 17.6 Å². The molecule has 0 radical (unpaired) electrons. The van der Waals surface area contributed by atoms with Gasteiger partial charge < -0.3 is 5.11 Å². The molecule has 2 rings (SSSR count). The molecule has 1 heterocycles. The smallest absolute Gasteiger partial charge is 0.309 e. The Labute approximate surface area is 133 Å². The Hall–Kier alpha value is -0.940. The molecular formula is C16H21BrFNO2. The number of hydrogen-bond donors (Lipinski definition) is 1. The van der Waals surface area contributed by atoms with Gasteiger partial charge in [0.2, 0.25) is 0 Å². The van der Waals surface area contributed by atoms with Crippen LogP contribution in [0.3, 0.4) is 0 Å². The van der Waals surface area contributed by atoms with Crippen LogP contribution in [0.15, 0.2) is 22.7 Å². The number of piperidine rings is 1. The standard InChI is InChI=1S/C16H21BrFNO2/c1-16(2,15(20)21)12-4-3-5-19(10-12)9-11-6-13(17)8-14(18)7-11/h6-8,12H,3-5,9-10H2,1-2H3,(H,20,21). The van der Waals surface area contributed by atoms with Crippen molar-refractivity contribution in [2.75, 3.05) is 13.1 Å². The monoisotopic (exact) mass is 357 g/mol. The average Bonchev–Trinajstić information content (AvgIpc) is 2.37. The van der Waals surface area contributed by atoms with Gasteiger partial charge in [0.1, 0.15) is 5.82 Å². The lowest BCUT2D eigenvalue weighted by Gasteiger charge is -2.39. The summed E-state index contributed by atoms with van der Waals surface area (Å²) < 4.78 is 14.2. The summed E-state index contributed by atoms with van der Waals surface area (Å²) in [6.07, 6.45) is 1.92. The van der Waals surface area contributed by atoms with Crippen LogP contribution in [0.25, 0.3) is 0 Å². The van der Waals surface area contributed by atoms with Gasteiger partial charge >= 0.3 is 5.97 Å². The van der Waals surface area contributed by atoms with Crippen LogP contribution in [0.1, 0.15) is 32.3 Å². The summed E-state index contributed by atoms with van der Waals surface area (Å²) in [6, 6.07) is 4.89. The second kappa shape index (κ2) is 6.44. The Bertz CT molecular complexity index is 513. The van der Waals surface area contributed by atoms with Crippen molar-refractivity contribution in [1.29, 1.82) is 0 Å². The van der Waals surface area contributed by atoms with Crippen LogP contribution in [-0.2, 0) is 11.3 Å². The predicted molar refractivity (Wildman–Crippen MR) is 83.5 cm³/mol. The molecular weight excluding hydrogens is 337 g/mol. The largest absolute Gasteiger partial charge is 0.481 e. The fraction of sp³-hybridized carbons (Fsp3) is 0.562. The van der Waals surface area contributed by atoms with Crippen LogP contribution >= 0.6 is 15.9 Å². The highest BCUT2D eigenvalue weighted by Gasteiger charge is 2.38. The Balaban J connectivity index is 2.06. The first-order valence-corrected chi connectivity index (χ1v) is 7.99. The Kier molecular flexibility index (Phi) is 5.04. The highest BCUT2D eigenvalue weighted by atomic mass is 79.9. The van der Waals surface area contributed by atoms with Crippen molar-refractivity contribution >= 4 is 21.9 Å². The maximum Gasteiger partial charge on any atom is 0.309 e. The summed E-state index contributed by atoms with van der Waals surface area (Å²) >= 11 is 3.30. The van der Waals surface area contributed by atoms with Crippen molar-refractivity contribution in [3.63, 3.8) is 0 Å². The minimum Gasteiger partial charge on any atom is -0.481 e. The number of likely N-dealkylation sites (tertiary alicyclic amines) is 1. The maximum absolute atomic E-state index is 13.4. The van der Waals surface area contributed by atoms with Gasteiger partial charge in [-0.1, -0.05) is 15.9 Å². The third kappa shape index (κ3) is 4.04. The summed E-state index contributed by atoms with van der Waals surface area (Å²) in [7, 11) is 0. The Morgan fingerprint density at radius 2 is 2.19 bits per heavy atom. The molecule has 0 bridgehead atoms. The van der Waals surface area contributed by atoms with Crippen LogP contribution in [0.2, 0.25) is 0 Å². The minimum atomic E-state index is -0.747. The molecule has 5 heteroatoms. The Morgan fingerprint density at radius 1 is 1.48 bits per heavy atom. The molecule has 0 amide bonds. The summed E-state index contributed by atoms with van der Waals surface area (Å²) in [6.45, 7) is 5.92. The number of rotatable bonds is 4. The van der Waals surface area contributed by atoms with Gasteiger partial charge in [-0.25, -0.2) is 4.39 Å². The molecule has 1 atom stereocenters. The molecule has 1 N–H and O–H groups in total. The van der Waals surface area contributed by atoms with Crippen LogP contribution in [0.5, 0.6) is 0 Å². The first-order valence-electron chi connectivity index (χ1n) is 7.20. The zero-order valence-corrected chi connectivity index (χ0v) is 14.0. The Morgan fingerprint density at radius 3 is 2.81 bits per heavy atom. The van der Waals surface area contributed by atoms with Crippen molar-refractivity contribution in [3.05, 3.63) is 34.1 Å². The number of benzene rings is 1. The van der Waals surface area contributed by atoms with Crippen LogP contribution in [0, 0.1) is 17.2 Å². The lowest BCUT2D eigenvalue weighted by Crippen LogP contribution is -2.44. The molecule has 0 aliphatic carbocycles. The molecule has 0 aromatic heterocycles. The van der Waals surface area contributed by atoms with E-state index in [1.54, 1.807) is 13.8 Å². The molecule has 1 aromatic rings. The highest BCUT2D eigenvalue weighted by molar-refractivity contribution is 9.10. The second-order valence-electron chi connectivity index (χ2n) is 6.38. The molecule has 1 aliphatic rings. The van der Waals surface area contributed by atoms with Gasteiger partial charge in [0.15, 0.2) is 0 Å². The number of nitrogens with zero attached hydrogens (tertiary/aromatic N) is 1. The van der Waals surface area contributed by atoms with Gasteiger partial charge in [-0.2, -0.15) is 0 Å². The third-order valence-electron chi connectivity index (χ3n) is 4.41. The van der Waals surface area contributed by atoms with Crippen LogP contribution in [-0.4, -0.2) is 29.1 Å². The van der Waals surface area contributed by atoms with E-state index < -0.39 is 11.4 Å². The number of carbonyl (C=O) groups is 1. The van der Waals surface area contributed by atoms with Crippen LogP contribution in [0.4, 0.5) is 4.39 Å². The number of carboxylic acids is 1. The molecule has 1 saturated heterocycles. The fourth-order valence-corrected chi connectivity index (χ4v) is 3.44. The normalized spacial score (nSPS) is 20.5. The third-order valence-corrected chi connectivity index (χ3v) is 4.86. The lowest BCUT2D eigenvalue weighted by molar-refractivity contribution is -0.151. The van der Waals surface area contributed by atoms with Crippen molar-refractivity contribution < 1.29 is 14.3 Å². The molecule has 0 spiro atoms. The molecule has 1 aromatic carbocycles. The van der Waals surface area contributed by atoms with Gasteiger partial charge in [0.25, 0.3) is 0 Å². The van der Waals surface area contributed by atoms with E-state index >= 15 is 0 Å². The van der Waals surface area contributed by atoms with Gasteiger partial charge in [-0.05, 0) is 62.9 Å². The van der Waals surface area contributed by atoms with E-state index in [4.69, 9.17) is 0 Å². The molecule has 1 aliphatic heterocycles. The van der Waals surface area contributed by atoms with Gasteiger partial charge in [-0.3, -0.25) is 9.69 Å². The summed E-state index contributed by atoms with van der Waals surface area (Å²) in [4.78, 5) is 13.6. The van der Waals surface area contributed by atoms with E-state index in [-0.39, 0.29) is 11.7 Å². The predicted octanol–water partition coefficient (Wildman–Crippen LogP) is 3.91. The molecule has 1 fully saturated rings. The van der Waals surface area contributed by atoms with Crippen molar-refractivity contribution in [1.82, 2.24) is 4.90 Å². The summed E-state index contributed by atoms with van der Waals surface area (Å²) in [5, 5.41) is 9.37. The van der Waals surface area contributed by atoms with Crippen molar-refractivity contribution in [2.24, 2.45) is 11.3 Å². The number of carboxylic acid groups (broad SMARTS) is 1. The SMILES string of the molecule is CC(C)(C(=O)O)C1CCCN(Cc2cc(F)cc(Br)c2)C1. The van der Waals surface area contributed by atoms with E-state index in [0.29, 0.717) is 6.54 Å². The molecule has 0 saturated carbocycles. The maximum atomic E-state index is 13.4. The van der Waals surface area contributed by atoms with Gasteiger partial charge in [0.05, 0.1) is 5.41 Å². The molecule has 21 heavy (non-hydrogen) atoms. The van der Waals surface area contributed by atoms with E-state index in [1.165, 1.54) is 12.1 Å². The number of hydrogen-bond acceptors (Lipinski definition) is 2. The van der Waals surface area contributed by atoms with E-state index in [2.05, 4.69) is 20.8 Å². The van der Waals surface area contributed by atoms with Gasteiger partial charge in [-0.15, -0.1) is 0 Å². The first kappa shape index (κ1) is 16.4. The second-order valence-corrected chi connectivity index (χ2v) is 7.29. The quantitative estimate of drug-likeness (QED) is 0.887. The minimum absolute atomic E-state index is 0.126. The fourth-order valence-electron chi connectivity index (χ4n) is 2.92. The van der Waals surface area contributed by atoms with E-state index in [1.807, 2.05) is 6.07 Å². The zero-order valence-electron chi connectivity index (χ0n) is 12.4. The number of halogens is 2. The topological polar surface area (TPSA) is 40.5 Å². The van der Waals surface area contributed by atoms with Crippen molar-refractivity contribution in [2.45, 2.75) is 33.2 Å². The highest BCUT2D eigenvalue weighted by Crippen LogP contribution is 2.34. The lowest BCUT2D eigenvalue weighted by atomic mass is 9.74. The van der Waals surface area contributed by atoms with Crippen molar-refractivity contribution in [3.8, 4) is 0 Å².